The van der Waals surface area contributed by atoms with E-state index in [9.17, 15) is 8.42 Å². The maximum absolute atomic E-state index is 12.1. The molecule has 0 bridgehead atoms. The summed E-state index contributed by atoms with van der Waals surface area (Å²) in [5.41, 5.74) is 0. The number of aromatic nitrogens is 2. The summed E-state index contributed by atoms with van der Waals surface area (Å²) in [6.07, 6.45) is 3.53. The minimum absolute atomic E-state index is 0.0608. The van der Waals surface area contributed by atoms with Crippen molar-refractivity contribution in [1.29, 1.82) is 0 Å². The SMILES string of the molecule is COCCN1CCN(Cc2ncc[nH]2)[C@H]2CS(=O)(=O)C[C@H]21. The van der Waals surface area contributed by atoms with Gasteiger partial charge in [0, 0.05) is 51.2 Å². The number of nitrogens with zero attached hydrogens (tertiary/aromatic N) is 3. The molecule has 0 radical (unpaired) electrons. The summed E-state index contributed by atoms with van der Waals surface area (Å²) in [5, 5.41) is 0. The fourth-order valence-electron chi connectivity index (χ4n) is 3.36. The summed E-state index contributed by atoms with van der Waals surface area (Å²) in [6.45, 7) is 3.85. The first-order valence-corrected chi connectivity index (χ1v) is 9.07. The number of piperazine rings is 1. The lowest BCUT2D eigenvalue weighted by atomic mass is 10.0. The van der Waals surface area contributed by atoms with Crippen LogP contribution in [0.1, 0.15) is 5.82 Å². The normalized spacial score (nSPS) is 29.6. The van der Waals surface area contributed by atoms with E-state index in [1.807, 2.05) is 0 Å². The maximum atomic E-state index is 12.1. The van der Waals surface area contributed by atoms with Crippen LogP contribution in [0.2, 0.25) is 0 Å². The quantitative estimate of drug-likeness (QED) is 0.777. The largest absolute Gasteiger partial charge is 0.383 e. The van der Waals surface area contributed by atoms with Crippen molar-refractivity contribution in [2.75, 3.05) is 44.9 Å². The van der Waals surface area contributed by atoms with Gasteiger partial charge in [-0.1, -0.05) is 0 Å². The fraction of sp³-hybridized carbons (Fsp3) is 0.769. The Bertz CT molecular complexity index is 560. The number of hydrogen-bond donors (Lipinski definition) is 1. The summed E-state index contributed by atoms with van der Waals surface area (Å²) in [7, 11) is -1.28. The number of aromatic amines is 1. The van der Waals surface area contributed by atoms with E-state index in [1.165, 1.54) is 0 Å². The van der Waals surface area contributed by atoms with Crippen LogP contribution in [0.3, 0.4) is 0 Å². The molecule has 1 N–H and O–H groups in total. The van der Waals surface area contributed by atoms with E-state index in [4.69, 9.17) is 4.74 Å². The number of nitrogens with one attached hydrogen (secondary N) is 1. The van der Waals surface area contributed by atoms with Gasteiger partial charge in [0.25, 0.3) is 0 Å². The summed E-state index contributed by atoms with van der Waals surface area (Å²) in [5.74, 6) is 1.40. The first kappa shape index (κ1) is 15.0. The van der Waals surface area contributed by atoms with E-state index >= 15 is 0 Å². The third kappa shape index (κ3) is 3.28. The molecule has 0 aromatic carbocycles. The number of hydrogen-bond acceptors (Lipinski definition) is 6. The van der Waals surface area contributed by atoms with Crippen molar-refractivity contribution in [1.82, 2.24) is 19.8 Å². The molecule has 0 amide bonds. The van der Waals surface area contributed by atoms with Gasteiger partial charge >= 0.3 is 0 Å². The predicted molar refractivity (Wildman–Crippen MR) is 78.7 cm³/mol. The number of methoxy groups -OCH3 is 1. The van der Waals surface area contributed by atoms with Crippen LogP contribution in [0.5, 0.6) is 0 Å². The minimum Gasteiger partial charge on any atom is -0.383 e. The summed E-state index contributed by atoms with van der Waals surface area (Å²) < 4.78 is 29.2. The lowest BCUT2D eigenvalue weighted by Gasteiger charge is -2.43. The molecule has 1 aromatic heterocycles. The van der Waals surface area contributed by atoms with Gasteiger partial charge in [-0.05, 0) is 0 Å². The molecule has 118 valence electrons. The molecule has 2 atom stereocenters. The van der Waals surface area contributed by atoms with Gasteiger partial charge in [0.15, 0.2) is 9.84 Å². The Morgan fingerprint density at radius 1 is 1.33 bits per heavy atom. The number of ether oxygens (including phenoxy) is 1. The van der Waals surface area contributed by atoms with Crippen LogP contribution in [0.25, 0.3) is 0 Å². The van der Waals surface area contributed by atoms with E-state index in [-0.39, 0.29) is 23.6 Å². The van der Waals surface area contributed by atoms with E-state index in [0.717, 1.165) is 25.5 Å². The monoisotopic (exact) mass is 314 g/mol. The van der Waals surface area contributed by atoms with E-state index < -0.39 is 9.84 Å². The molecule has 2 saturated heterocycles. The predicted octanol–water partition coefficient (Wildman–Crippen LogP) is -0.661. The number of fused-ring (bicyclic) bond motifs is 1. The smallest absolute Gasteiger partial charge is 0.153 e. The van der Waals surface area contributed by atoms with E-state index in [2.05, 4.69) is 19.8 Å². The summed E-state index contributed by atoms with van der Waals surface area (Å²) in [4.78, 5) is 11.9. The van der Waals surface area contributed by atoms with Gasteiger partial charge in [0.1, 0.15) is 5.82 Å². The molecule has 8 heteroatoms. The lowest BCUT2D eigenvalue weighted by molar-refractivity contribution is 0.0241. The average molecular weight is 314 g/mol. The maximum Gasteiger partial charge on any atom is 0.153 e. The summed E-state index contributed by atoms with van der Waals surface area (Å²) >= 11 is 0. The van der Waals surface area contributed by atoms with Crippen LogP contribution < -0.4 is 0 Å². The van der Waals surface area contributed by atoms with Gasteiger partial charge in [-0.25, -0.2) is 13.4 Å². The second-order valence-corrected chi connectivity index (χ2v) is 7.90. The van der Waals surface area contributed by atoms with Crippen LogP contribution in [-0.4, -0.2) is 85.1 Å². The summed E-state index contributed by atoms with van der Waals surface area (Å²) in [6, 6.07) is 0.138. The Balaban J connectivity index is 1.74. The highest BCUT2D eigenvalue weighted by Crippen LogP contribution is 2.27. The lowest BCUT2D eigenvalue weighted by Crippen LogP contribution is -2.59. The zero-order valence-corrected chi connectivity index (χ0v) is 13.1. The van der Waals surface area contributed by atoms with Crippen molar-refractivity contribution in [3.8, 4) is 0 Å². The van der Waals surface area contributed by atoms with Crippen LogP contribution in [0.15, 0.2) is 12.4 Å². The highest BCUT2D eigenvalue weighted by Gasteiger charge is 2.46. The van der Waals surface area contributed by atoms with E-state index in [0.29, 0.717) is 13.2 Å². The molecule has 1 aromatic rings. The van der Waals surface area contributed by atoms with Gasteiger partial charge in [-0.3, -0.25) is 9.80 Å². The fourth-order valence-corrected chi connectivity index (χ4v) is 5.40. The molecule has 0 spiro atoms. The molecule has 2 fully saturated rings. The molecule has 2 aliphatic rings. The van der Waals surface area contributed by atoms with Gasteiger partial charge in [-0.15, -0.1) is 0 Å². The van der Waals surface area contributed by atoms with Crippen molar-refractivity contribution in [3.05, 3.63) is 18.2 Å². The van der Waals surface area contributed by atoms with Crippen LogP contribution in [-0.2, 0) is 21.1 Å². The molecule has 0 saturated carbocycles. The Morgan fingerprint density at radius 2 is 2.05 bits per heavy atom. The molecule has 7 nitrogen and oxygen atoms in total. The molecular weight excluding hydrogens is 292 g/mol. The molecule has 0 unspecified atom stereocenters. The molecule has 3 rings (SSSR count). The van der Waals surface area contributed by atoms with Crippen LogP contribution in [0, 0.1) is 0 Å². The van der Waals surface area contributed by atoms with E-state index in [1.54, 1.807) is 19.5 Å². The van der Waals surface area contributed by atoms with Gasteiger partial charge < -0.3 is 9.72 Å². The second-order valence-electron chi connectivity index (χ2n) is 5.75. The topological polar surface area (TPSA) is 78.5 Å². The first-order valence-electron chi connectivity index (χ1n) is 7.25. The van der Waals surface area contributed by atoms with Crippen LogP contribution in [0.4, 0.5) is 0 Å². The molecule has 21 heavy (non-hydrogen) atoms. The van der Waals surface area contributed by atoms with Crippen molar-refractivity contribution in [3.63, 3.8) is 0 Å². The van der Waals surface area contributed by atoms with Crippen LogP contribution >= 0.6 is 0 Å². The van der Waals surface area contributed by atoms with Crippen molar-refractivity contribution in [2.24, 2.45) is 0 Å². The van der Waals surface area contributed by atoms with Crippen molar-refractivity contribution in [2.45, 2.75) is 18.6 Å². The third-order valence-electron chi connectivity index (χ3n) is 4.40. The molecule has 3 heterocycles. The second kappa shape index (κ2) is 6.04. The highest BCUT2D eigenvalue weighted by atomic mass is 32.2. The Kier molecular flexibility index (Phi) is 4.30. The minimum atomic E-state index is -2.95. The number of imidazole rings is 1. The number of rotatable bonds is 5. The third-order valence-corrected chi connectivity index (χ3v) is 6.10. The standard InChI is InChI=1S/C13H22N4O3S/c1-20-7-6-16-4-5-17(8-13-14-2-3-15-13)12-10-21(18,19)9-11(12)16/h2-3,11-12H,4-10H2,1H3,(H,14,15)/t11-,12+/m1/s1. The van der Waals surface area contributed by atoms with Crippen molar-refractivity contribution >= 4 is 9.84 Å². The molecular formula is C13H22N4O3S. The highest BCUT2D eigenvalue weighted by molar-refractivity contribution is 7.91. The van der Waals surface area contributed by atoms with Gasteiger partial charge in [-0.2, -0.15) is 0 Å². The zero-order valence-electron chi connectivity index (χ0n) is 12.2. The molecule has 2 aliphatic heterocycles. The average Bonchev–Trinajstić information content (AvgIpc) is 3.04. The number of H-pyrrole nitrogens is 1. The Labute approximate surface area is 125 Å². The van der Waals surface area contributed by atoms with Gasteiger partial charge in [0.05, 0.1) is 24.7 Å². The first-order chi connectivity index (χ1) is 10.1. The Hall–Kier alpha value is -0.960. The van der Waals surface area contributed by atoms with Gasteiger partial charge in [0.2, 0.25) is 0 Å². The number of sulfone groups is 1. The zero-order chi connectivity index (χ0) is 14.9. The molecule has 0 aliphatic carbocycles. The van der Waals surface area contributed by atoms with Crippen molar-refractivity contribution < 1.29 is 13.2 Å². The Morgan fingerprint density at radius 3 is 2.71 bits per heavy atom.